The molecule has 1 N–H and O–H groups in total. The van der Waals surface area contributed by atoms with Crippen LogP contribution in [0.1, 0.15) is 5.76 Å². The molecule has 1 aromatic heterocycles. The molecule has 3 aromatic rings. The van der Waals surface area contributed by atoms with E-state index in [9.17, 15) is 0 Å². The summed E-state index contributed by atoms with van der Waals surface area (Å²) in [5, 5.41) is 2.75. The molecule has 0 aliphatic heterocycles. The van der Waals surface area contributed by atoms with Gasteiger partial charge in [0.15, 0.2) is 0 Å². The van der Waals surface area contributed by atoms with Crippen molar-refractivity contribution in [3.8, 4) is 22.5 Å². The zero-order valence-electron chi connectivity index (χ0n) is 13.3. The minimum Gasteiger partial charge on any atom is -0.323 e. The molecule has 2 nitrogen and oxygen atoms in total. The van der Waals surface area contributed by atoms with Gasteiger partial charge < -0.3 is 5.32 Å². The number of aryl methyl sites for hydroxylation is 1. The molecule has 0 aliphatic rings. The average Bonchev–Trinajstić information content (AvgIpc) is 2.57. The first-order chi connectivity index (χ1) is 10.7. The Labute approximate surface area is 132 Å². The van der Waals surface area contributed by atoms with E-state index in [1.165, 1.54) is 11.1 Å². The van der Waals surface area contributed by atoms with Crippen molar-refractivity contribution in [2.45, 2.75) is 6.92 Å². The van der Waals surface area contributed by atoms with E-state index in [0.717, 1.165) is 17.1 Å². The lowest BCUT2D eigenvalue weighted by Gasteiger charge is -2.00. The van der Waals surface area contributed by atoms with Gasteiger partial charge in [0.25, 0.3) is 0 Å². The van der Waals surface area contributed by atoms with Crippen LogP contribution >= 0.6 is 0 Å². The van der Waals surface area contributed by atoms with Gasteiger partial charge in [0.2, 0.25) is 0 Å². The first-order valence-corrected chi connectivity index (χ1v) is 7.38. The Morgan fingerprint density at radius 1 is 0.682 bits per heavy atom. The van der Waals surface area contributed by atoms with E-state index >= 15 is 0 Å². The van der Waals surface area contributed by atoms with Gasteiger partial charge in [-0.3, -0.25) is 0 Å². The van der Waals surface area contributed by atoms with Gasteiger partial charge in [-0.05, 0) is 31.8 Å². The highest BCUT2D eigenvalue weighted by Gasteiger charge is 2.15. The van der Waals surface area contributed by atoms with Crippen LogP contribution in [-0.4, -0.2) is 14.1 Å². The Hall–Kier alpha value is -2.45. The van der Waals surface area contributed by atoms with Crippen molar-refractivity contribution in [3.05, 3.63) is 78.6 Å². The smallest absolute Gasteiger partial charge is 0.323 e. The average molecular weight is 292 g/mol. The largest absolute Gasteiger partial charge is 0.360 e. The van der Waals surface area contributed by atoms with Crippen LogP contribution in [0.3, 0.4) is 0 Å². The molecule has 22 heavy (non-hydrogen) atoms. The second-order valence-corrected chi connectivity index (χ2v) is 5.05. The van der Waals surface area contributed by atoms with Crippen molar-refractivity contribution in [2.24, 2.45) is 0 Å². The third-order valence-corrected chi connectivity index (χ3v) is 3.08. The Morgan fingerprint density at radius 2 is 1.18 bits per heavy atom. The molecule has 3 rings (SSSR count). The number of hydrogen-bond donors (Lipinski definition) is 1. The molecule has 0 bridgehead atoms. The van der Waals surface area contributed by atoms with Gasteiger partial charge >= 0.3 is 11.5 Å². The van der Waals surface area contributed by atoms with Crippen LogP contribution in [0.2, 0.25) is 0 Å². The number of nitrogens with one attached hydrogen (secondary N) is 1. The summed E-state index contributed by atoms with van der Waals surface area (Å²) < 4.78 is 5.83. The van der Waals surface area contributed by atoms with E-state index < -0.39 is 0 Å². The van der Waals surface area contributed by atoms with Crippen LogP contribution in [0, 0.1) is 6.92 Å². The van der Waals surface area contributed by atoms with E-state index in [4.69, 9.17) is 4.42 Å². The highest BCUT2D eigenvalue weighted by atomic mass is 16.3. The molecule has 0 aliphatic carbocycles. The minimum absolute atomic E-state index is 0.902. The summed E-state index contributed by atoms with van der Waals surface area (Å²) in [5.74, 6) is 1.82. The van der Waals surface area contributed by atoms with Gasteiger partial charge in [-0.1, -0.05) is 48.5 Å². The fourth-order valence-corrected chi connectivity index (χ4v) is 2.18. The van der Waals surface area contributed by atoms with E-state index in [0.29, 0.717) is 0 Å². The zero-order valence-corrected chi connectivity index (χ0v) is 13.3. The van der Waals surface area contributed by atoms with Gasteiger partial charge in [-0.15, -0.1) is 0 Å². The second kappa shape index (κ2) is 8.11. The summed E-state index contributed by atoms with van der Waals surface area (Å²) >= 11 is 0. The molecule has 112 valence electrons. The molecular weight excluding hydrogens is 270 g/mol. The van der Waals surface area contributed by atoms with E-state index in [-0.39, 0.29) is 0 Å². The molecule has 0 atom stereocenters. The van der Waals surface area contributed by atoms with Crippen molar-refractivity contribution in [3.63, 3.8) is 0 Å². The Bertz CT molecular complexity index is 636. The highest BCUT2D eigenvalue weighted by Crippen LogP contribution is 2.27. The third-order valence-electron chi connectivity index (χ3n) is 3.08. The lowest BCUT2D eigenvalue weighted by molar-refractivity contribution is 0.532. The van der Waals surface area contributed by atoms with Crippen molar-refractivity contribution in [1.82, 2.24) is 5.32 Å². The van der Waals surface area contributed by atoms with Crippen LogP contribution in [0.15, 0.2) is 77.2 Å². The molecule has 0 radical (unpaired) electrons. The molecular formula is C20H22NO+. The predicted molar refractivity (Wildman–Crippen MR) is 93.7 cm³/mol. The Morgan fingerprint density at radius 3 is 1.73 bits per heavy atom. The van der Waals surface area contributed by atoms with Gasteiger partial charge in [-0.25, -0.2) is 4.42 Å². The van der Waals surface area contributed by atoms with Crippen LogP contribution in [-0.2, 0) is 0 Å². The molecule has 0 saturated carbocycles. The maximum Gasteiger partial charge on any atom is 0.360 e. The first kappa shape index (κ1) is 15.9. The third kappa shape index (κ3) is 4.27. The topological polar surface area (TPSA) is 23.3 Å². The lowest BCUT2D eigenvalue weighted by Crippen LogP contribution is -1.89. The summed E-state index contributed by atoms with van der Waals surface area (Å²) in [6.45, 7) is 1.98. The van der Waals surface area contributed by atoms with Gasteiger partial charge in [0.1, 0.15) is 0 Å². The number of rotatable bonds is 2. The standard InChI is InChI=1S/C18H15O.C2H7N/c1-14-12-17(15-8-4-2-5-9-15)13-18(19-14)16-10-6-3-7-11-16;1-3-2/h2-13H,1H3;3H,1-2H3/q+1;. The SMILES string of the molecule is CNC.Cc1cc(-c2ccccc2)cc(-c2ccccc2)[o+]1. The normalized spacial score (nSPS) is 9.77. The van der Waals surface area contributed by atoms with Gasteiger partial charge in [-0.2, -0.15) is 0 Å². The monoisotopic (exact) mass is 292 g/mol. The lowest BCUT2D eigenvalue weighted by atomic mass is 10.0. The fraction of sp³-hybridized carbons (Fsp3) is 0.150. The predicted octanol–water partition coefficient (Wildman–Crippen LogP) is 5.04. The van der Waals surface area contributed by atoms with Crippen molar-refractivity contribution >= 4 is 0 Å². The van der Waals surface area contributed by atoms with E-state index in [2.05, 4.69) is 53.8 Å². The molecule has 0 fully saturated rings. The molecule has 0 saturated heterocycles. The van der Waals surface area contributed by atoms with E-state index in [1.807, 2.05) is 45.3 Å². The second-order valence-electron chi connectivity index (χ2n) is 5.05. The Kier molecular flexibility index (Phi) is 5.87. The fourth-order valence-electron chi connectivity index (χ4n) is 2.18. The molecule has 0 spiro atoms. The molecule has 2 heteroatoms. The summed E-state index contributed by atoms with van der Waals surface area (Å²) in [7, 11) is 3.75. The Balaban J connectivity index is 0.000000545. The summed E-state index contributed by atoms with van der Waals surface area (Å²) in [6, 6.07) is 24.7. The van der Waals surface area contributed by atoms with Crippen LogP contribution in [0.5, 0.6) is 0 Å². The zero-order chi connectivity index (χ0) is 15.8. The minimum atomic E-state index is 0.902. The highest BCUT2D eigenvalue weighted by molar-refractivity contribution is 5.69. The maximum absolute atomic E-state index is 5.83. The summed E-state index contributed by atoms with van der Waals surface area (Å²) in [5.41, 5.74) is 3.49. The van der Waals surface area contributed by atoms with Crippen LogP contribution in [0.25, 0.3) is 22.5 Å². The van der Waals surface area contributed by atoms with Gasteiger partial charge in [0.05, 0.1) is 18.6 Å². The van der Waals surface area contributed by atoms with Crippen molar-refractivity contribution in [1.29, 1.82) is 0 Å². The molecule has 2 aromatic carbocycles. The van der Waals surface area contributed by atoms with Crippen molar-refractivity contribution in [2.75, 3.05) is 14.1 Å². The number of hydrogen-bond acceptors (Lipinski definition) is 1. The quantitative estimate of drug-likeness (QED) is 0.669. The van der Waals surface area contributed by atoms with Gasteiger partial charge in [0, 0.05) is 11.6 Å². The molecule has 0 unspecified atom stereocenters. The maximum atomic E-state index is 5.83. The summed E-state index contributed by atoms with van der Waals surface area (Å²) in [4.78, 5) is 0. The van der Waals surface area contributed by atoms with Crippen LogP contribution < -0.4 is 5.32 Å². The molecule has 1 heterocycles. The van der Waals surface area contributed by atoms with Crippen molar-refractivity contribution < 1.29 is 4.42 Å². The number of benzene rings is 2. The summed E-state index contributed by atoms with van der Waals surface area (Å²) in [6.07, 6.45) is 0. The first-order valence-electron chi connectivity index (χ1n) is 7.38. The van der Waals surface area contributed by atoms with Crippen LogP contribution in [0.4, 0.5) is 0 Å². The molecule has 0 amide bonds. The van der Waals surface area contributed by atoms with E-state index in [1.54, 1.807) is 0 Å².